The number of benzene rings is 8. The molecule has 0 radical (unpaired) electrons. The summed E-state index contributed by atoms with van der Waals surface area (Å²) < 4.78 is 86.2. The highest BCUT2D eigenvalue weighted by Crippen LogP contribution is 2.41. The summed E-state index contributed by atoms with van der Waals surface area (Å²) in [5, 5.41) is 92.5. The zero-order valence-corrected chi connectivity index (χ0v) is 73.9. The first-order valence-electron chi connectivity index (χ1n) is 41.9. The van der Waals surface area contributed by atoms with Crippen LogP contribution in [0.5, 0.6) is 40.2 Å². The minimum Gasteiger partial charge on any atom is -0.485 e. The van der Waals surface area contributed by atoms with Crippen LogP contribution in [0, 0.1) is 55.4 Å². The molecule has 3 unspecified atom stereocenters. The topological polar surface area (TPSA) is 568 Å². The molecule has 42 nitrogen and oxygen atoms in total. The summed E-state index contributed by atoms with van der Waals surface area (Å²) in [6.07, 6.45) is -1.27. The number of furan rings is 4. The summed E-state index contributed by atoms with van der Waals surface area (Å²) in [6, 6.07) is 44.0. The number of carboxylic acid groups (broad SMARTS) is 2. The van der Waals surface area contributed by atoms with Gasteiger partial charge in [0.2, 0.25) is 34.8 Å². The van der Waals surface area contributed by atoms with Crippen molar-refractivity contribution in [2.45, 2.75) is 121 Å². The second-order valence-corrected chi connectivity index (χ2v) is 31.4. The Kier molecular flexibility index (Phi) is 24.3. The van der Waals surface area contributed by atoms with E-state index >= 15 is 0 Å². The number of nitrogens with zero attached hydrogens (tertiary/aromatic N) is 15. The van der Waals surface area contributed by atoms with Gasteiger partial charge in [-0.25, -0.2) is 28.8 Å². The number of tetrazole rings is 4. The molecule has 0 bridgehead atoms. The van der Waals surface area contributed by atoms with Crippen LogP contribution in [0.15, 0.2) is 222 Å². The van der Waals surface area contributed by atoms with E-state index in [0.29, 0.717) is 182 Å². The molecule has 12 aromatic heterocycles. The molecule has 20 aromatic rings. The Hall–Kier alpha value is -18.2. The van der Waals surface area contributed by atoms with Crippen LogP contribution in [0.1, 0.15) is 151 Å². The molecule has 1 aliphatic rings. The lowest BCUT2D eigenvalue weighted by Gasteiger charge is -2.16. The van der Waals surface area contributed by atoms with E-state index < -0.39 is 41.0 Å². The molecule has 21 rings (SSSR count). The molecular weight excluding hydrogens is 1760 g/mol. The lowest BCUT2D eigenvalue weighted by molar-refractivity contribution is 0.0648. The molecule has 0 spiro atoms. The number of fused-ring (bicyclic) bond motifs is 12. The van der Waals surface area contributed by atoms with Crippen molar-refractivity contribution in [1.82, 2.24) is 82.5 Å². The number of hydrogen-bond acceptors (Lipinski definition) is 36. The Balaban J connectivity index is 0.000000122. The maximum atomic E-state index is 13.1. The average Bonchev–Trinajstić information content (AvgIpc) is 0.823. The van der Waals surface area contributed by atoms with E-state index in [1.807, 2.05) is 141 Å². The van der Waals surface area contributed by atoms with Crippen LogP contribution in [0.25, 0.3) is 98.6 Å². The summed E-state index contributed by atoms with van der Waals surface area (Å²) >= 11 is 0. The lowest BCUT2D eigenvalue weighted by atomic mass is 10.0. The van der Waals surface area contributed by atoms with E-state index in [2.05, 4.69) is 97.9 Å². The van der Waals surface area contributed by atoms with E-state index in [-0.39, 0.29) is 49.7 Å². The number of ether oxygens (including phenoxy) is 7. The van der Waals surface area contributed by atoms with Gasteiger partial charge in [0.05, 0.1) is 21.5 Å². The Morgan fingerprint density at radius 1 is 0.346 bits per heavy atom. The molecule has 0 fully saturated rings. The van der Waals surface area contributed by atoms with Crippen molar-refractivity contribution in [3.63, 3.8) is 0 Å². The minimum absolute atomic E-state index is 0.000867. The number of rotatable bonds is 25. The van der Waals surface area contributed by atoms with Crippen molar-refractivity contribution in [3.8, 4) is 51.8 Å². The van der Waals surface area contributed by atoms with Crippen LogP contribution >= 0.6 is 0 Å². The summed E-state index contributed by atoms with van der Waals surface area (Å²) in [7, 11) is 0. The first kappa shape index (κ1) is 88.5. The molecule has 3 atom stereocenters. The standard InChI is InChI=1S/C28H21N7O6.C27H20O10.C21H20N8O4.C18H16N4O3/c1-14-9-19-18-5-8-22(37-12-16-3-6-23(39-16)21-11-29-33-30-21)15(2)26(18)41-28(36)20(19)10-25(14)38-13-17-4-7-24(40-17)27-31-34-35-32-27;1-13-9-18-17-5-8-20(33-11-15-3-6-21(35-15)25(28)29)14(2)24(17)37-27(32)19(18)10-23(13)34-12-16-4-7-22(36-16)26(30)31;1-9-7-14-13-5-6-16(31-11(3)19-22-26-27-23-19)10(2)18(13)33-21(30)15(14)8-17(9)32-12(4)20-24-28-29-25-20;1-9-4-5-13-14(8-9)12-6-7-15(10(2)16(12)25-18(13)23)24-11(3)17-19-21-22-20-17/h3-10H,11-13H2,1-2H3,(H,31,32,34,35);3-10H,11-12H2,1-2H3,(H,28,29)(H,30,31);5-8,11-12H,1-4H3,(H,22,23,26,27)(H,24,25,28,29);4-8,11H,1-3H3,(H,19,20,21,22). The third-order valence-corrected chi connectivity index (χ3v) is 22.3. The molecule has 6 N–H and O–H groups in total. The quantitative estimate of drug-likeness (QED) is 0.0229. The molecule has 136 heavy (non-hydrogen) atoms. The Labute approximate surface area is 762 Å². The molecule has 0 amide bonds. The zero-order chi connectivity index (χ0) is 94.9. The fraction of sp³-hybridized carbons (Fsp3) is 0.202. The molecule has 1 aliphatic heterocycles. The van der Waals surface area contributed by atoms with Gasteiger partial charge >= 0.3 is 34.4 Å². The third-order valence-electron chi connectivity index (χ3n) is 22.3. The van der Waals surface area contributed by atoms with Gasteiger partial charge in [-0.1, -0.05) is 33.3 Å². The van der Waals surface area contributed by atoms with Gasteiger partial charge in [0, 0.05) is 65.3 Å². The van der Waals surface area contributed by atoms with Gasteiger partial charge in [-0.05, 0) is 243 Å². The molecular formula is C94H77N19O23. The Morgan fingerprint density at radius 2 is 0.691 bits per heavy atom. The van der Waals surface area contributed by atoms with Gasteiger partial charge in [-0.15, -0.1) is 45.9 Å². The van der Waals surface area contributed by atoms with E-state index in [4.69, 9.17) is 78.7 Å². The van der Waals surface area contributed by atoms with Gasteiger partial charge in [-0.2, -0.15) is 26.0 Å². The first-order chi connectivity index (χ1) is 65.7. The van der Waals surface area contributed by atoms with Crippen molar-refractivity contribution in [3.05, 3.63) is 296 Å². The average molecular weight is 1840 g/mol. The van der Waals surface area contributed by atoms with Crippen molar-refractivity contribution in [1.29, 1.82) is 0 Å². The molecule has 42 heteroatoms. The van der Waals surface area contributed by atoms with Crippen LogP contribution in [0.3, 0.4) is 0 Å². The van der Waals surface area contributed by atoms with Gasteiger partial charge < -0.3 is 78.7 Å². The maximum absolute atomic E-state index is 13.1. The van der Waals surface area contributed by atoms with Crippen molar-refractivity contribution < 1.29 is 88.3 Å². The van der Waals surface area contributed by atoms with Gasteiger partial charge in [-0.3, -0.25) is 0 Å². The van der Waals surface area contributed by atoms with Crippen LogP contribution < -0.4 is 55.7 Å². The number of aromatic nitrogens is 16. The number of nitrogens with one attached hydrogen (secondary N) is 4. The second kappa shape index (κ2) is 37.4. The highest BCUT2D eigenvalue weighted by molar-refractivity contribution is 6.10. The van der Waals surface area contributed by atoms with Crippen molar-refractivity contribution in [2.24, 2.45) is 15.4 Å². The number of carboxylic acids is 2. The lowest BCUT2D eigenvalue weighted by Crippen LogP contribution is -2.08. The number of aromatic carboxylic acids is 2. The van der Waals surface area contributed by atoms with Crippen LogP contribution in [-0.4, -0.2) is 117 Å². The minimum atomic E-state index is -1.17. The highest BCUT2D eigenvalue weighted by Gasteiger charge is 2.26. The number of H-pyrrole nitrogens is 4. The summed E-state index contributed by atoms with van der Waals surface area (Å²) in [6.45, 7) is 21.2. The summed E-state index contributed by atoms with van der Waals surface area (Å²) in [5.41, 5.74) is 6.95. The first-order valence-corrected chi connectivity index (χ1v) is 41.9. The van der Waals surface area contributed by atoms with Crippen LogP contribution in [0.2, 0.25) is 0 Å². The van der Waals surface area contributed by atoms with E-state index in [9.17, 15) is 28.8 Å². The van der Waals surface area contributed by atoms with Crippen LogP contribution in [-0.2, 0) is 26.4 Å². The number of aryl methyl sites for hydroxylation is 8. The van der Waals surface area contributed by atoms with Gasteiger partial charge in [0.25, 0.3) is 0 Å². The number of hydrogen-bond donors (Lipinski definition) is 6. The summed E-state index contributed by atoms with van der Waals surface area (Å²) in [5.74, 6) is 5.61. The number of carbonyl (C=O) groups is 2. The van der Waals surface area contributed by atoms with Gasteiger partial charge in [0.1, 0.15) is 124 Å². The molecule has 0 saturated heterocycles. The van der Waals surface area contributed by atoms with Gasteiger partial charge in [0.15, 0.2) is 29.8 Å². The highest BCUT2D eigenvalue weighted by atomic mass is 16.5. The monoisotopic (exact) mass is 1840 g/mol. The van der Waals surface area contributed by atoms with E-state index in [0.717, 1.165) is 60.1 Å². The largest absolute Gasteiger partial charge is 0.485 e. The smallest absolute Gasteiger partial charge is 0.371 e. The number of aromatic amines is 4. The Morgan fingerprint density at radius 3 is 1.09 bits per heavy atom. The molecule has 686 valence electrons. The fourth-order valence-corrected chi connectivity index (χ4v) is 15.3. The third kappa shape index (κ3) is 18.2. The predicted molar refractivity (Wildman–Crippen MR) is 483 cm³/mol. The maximum Gasteiger partial charge on any atom is 0.371 e. The molecule has 0 aliphatic carbocycles. The predicted octanol–water partition coefficient (Wildman–Crippen LogP) is 16.6. The van der Waals surface area contributed by atoms with Crippen molar-refractivity contribution >= 4 is 105 Å². The zero-order valence-electron chi connectivity index (χ0n) is 73.9. The van der Waals surface area contributed by atoms with E-state index in [1.165, 1.54) is 24.3 Å². The Bertz CT molecular complexity index is 8320. The molecule has 8 aromatic carbocycles. The fourth-order valence-electron chi connectivity index (χ4n) is 15.3. The molecule has 13 heterocycles. The molecule has 0 saturated carbocycles. The van der Waals surface area contributed by atoms with Crippen LogP contribution in [0.4, 0.5) is 0 Å². The second-order valence-electron chi connectivity index (χ2n) is 31.4. The van der Waals surface area contributed by atoms with E-state index in [1.54, 1.807) is 62.4 Å². The SMILES string of the molecule is Cc1cc2c(cc1OC(C)c1nn[nH]n1)c(=O)oc1c(C)c(OC(C)c3nn[nH]n3)ccc12.Cc1cc2c(cc1OCc1ccc(-c3nn[nH]n3)o1)c(=O)oc1c(C)c(OCc3ccc(C4=NN=NC4)o3)ccc12.Cc1cc2c(cc1OCc1ccc(C(=O)O)o1)c(=O)oc1c(C)c(OCc3ccc(C(=O)O)o3)ccc12.Cc1ccc2c(=O)oc3c(C)c(OC(C)c4nn[nH]n4)ccc3c2c1. The van der Waals surface area contributed by atoms with Crippen molar-refractivity contribution in [2.75, 3.05) is 6.54 Å². The summed E-state index contributed by atoms with van der Waals surface area (Å²) in [4.78, 5) is 73.2. The normalized spacial score (nSPS) is 12.5.